The fourth-order valence-electron chi connectivity index (χ4n) is 4.96. The Bertz CT molecular complexity index is 821. The van der Waals surface area contributed by atoms with Gasteiger partial charge in [-0.05, 0) is 31.1 Å². The molecule has 0 bridgehead atoms. The van der Waals surface area contributed by atoms with Crippen molar-refractivity contribution in [1.82, 2.24) is 5.32 Å². The molecule has 1 amide bonds. The van der Waals surface area contributed by atoms with Crippen LogP contribution in [0.3, 0.4) is 0 Å². The van der Waals surface area contributed by atoms with E-state index in [2.05, 4.69) is 35.9 Å². The predicted octanol–water partition coefficient (Wildman–Crippen LogP) is 6.65. The van der Waals surface area contributed by atoms with Gasteiger partial charge < -0.3 is 43.6 Å². The number of aliphatic hydroxyl groups excluding tert-OH is 1. The first-order chi connectivity index (χ1) is 25.3. The first-order valence-corrected chi connectivity index (χ1v) is 20.2. The molecule has 0 heterocycles. The van der Waals surface area contributed by atoms with Crippen LogP contribution in [0, 0.1) is 23.7 Å². The number of unbranched alkanes of at least 4 members (excludes halogenated alkanes) is 16. The molecule has 0 rings (SSSR count). The second kappa shape index (κ2) is 46.3. The van der Waals surface area contributed by atoms with Gasteiger partial charge in [0.1, 0.15) is 0 Å². The van der Waals surface area contributed by atoms with E-state index in [0.29, 0.717) is 105 Å². The van der Waals surface area contributed by atoms with Crippen molar-refractivity contribution in [3.05, 3.63) is 0 Å². The Morgan fingerprint density at radius 3 is 1.18 bits per heavy atom. The lowest BCUT2D eigenvalue weighted by atomic mass is 10.1. The Hall–Kier alpha value is -1.73. The van der Waals surface area contributed by atoms with Crippen LogP contribution in [-0.4, -0.2) is 117 Å². The van der Waals surface area contributed by atoms with E-state index in [4.69, 9.17) is 38.3 Å². The quantitative estimate of drug-likeness (QED) is 0.0529. The van der Waals surface area contributed by atoms with Gasteiger partial charge in [-0.25, -0.2) is 0 Å². The zero-order chi connectivity index (χ0) is 36.8. The zero-order valence-corrected chi connectivity index (χ0v) is 32.5. The molecule has 0 aliphatic heterocycles. The molecule has 10 nitrogen and oxygen atoms in total. The number of hydrogen-bond donors (Lipinski definition) is 2. The van der Waals surface area contributed by atoms with Crippen molar-refractivity contribution >= 4 is 5.91 Å². The number of hydrogen-bond acceptors (Lipinski definition) is 9. The molecule has 51 heavy (non-hydrogen) atoms. The smallest absolute Gasteiger partial charge is 0.220 e. The average molecular weight is 726 g/mol. The maximum atomic E-state index is 12.0. The monoisotopic (exact) mass is 726 g/mol. The van der Waals surface area contributed by atoms with Crippen molar-refractivity contribution in [2.24, 2.45) is 0 Å². The van der Waals surface area contributed by atoms with Gasteiger partial charge in [0.05, 0.1) is 99.1 Å². The maximum Gasteiger partial charge on any atom is 0.220 e. The van der Waals surface area contributed by atoms with Gasteiger partial charge in [-0.3, -0.25) is 4.79 Å². The van der Waals surface area contributed by atoms with Gasteiger partial charge in [0.25, 0.3) is 0 Å². The lowest BCUT2D eigenvalue weighted by Gasteiger charge is -2.09. The molecule has 0 aromatic carbocycles. The molecule has 0 aliphatic rings. The summed E-state index contributed by atoms with van der Waals surface area (Å²) >= 11 is 0. The van der Waals surface area contributed by atoms with E-state index >= 15 is 0 Å². The van der Waals surface area contributed by atoms with Crippen LogP contribution >= 0.6 is 0 Å². The second-order valence-corrected chi connectivity index (χ2v) is 12.5. The van der Waals surface area contributed by atoms with Crippen LogP contribution < -0.4 is 5.32 Å². The zero-order valence-electron chi connectivity index (χ0n) is 32.5. The number of ether oxygens (including phenoxy) is 7. The minimum Gasteiger partial charge on any atom is -0.394 e. The Morgan fingerprint density at radius 2 is 0.784 bits per heavy atom. The van der Waals surface area contributed by atoms with E-state index in [1.807, 2.05) is 0 Å². The Labute approximate surface area is 312 Å². The molecule has 10 heteroatoms. The van der Waals surface area contributed by atoms with Crippen LogP contribution in [0.15, 0.2) is 0 Å². The lowest BCUT2D eigenvalue weighted by molar-refractivity contribution is -0.121. The fraction of sp³-hybridized carbons (Fsp3) is 0.878. The van der Waals surface area contributed by atoms with E-state index < -0.39 is 0 Å². The number of rotatable bonds is 41. The molecule has 0 radical (unpaired) electrons. The summed E-state index contributed by atoms with van der Waals surface area (Å²) in [5.41, 5.74) is 0. The molecular weight excluding hydrogens is 650 g/mol. The van der Waals surface area contributed by atoms with Gasteiger partial charge in [-0.1, -0.05) is 102 Å². The minimum atomic E-state index is 0.0255. The van der Waals surface area contributed by atoms with Gasteiger partial charge in [0.2, 0.25) is 5.91 Å². The second-order valence-electron chi connectivity index (χ2n) is 12.5. The molecule has 0 aromatic heterocycles. The summed E-state index contributed by atoms with van der Waals surface area (Å²) < 4.78 is 37.8. The van der Waals surface area contributed by atoms with Gasteiger partial charge in [-0.2, -0.15) is 0 Å². The number of carbonyl (C=O) groups is 1. The van der Waals surface area contributed by atoms with E-state index in [0.717, 1.165) is 32.1 Å². The normalized spacial score (nSPS) is 10.9. The topological polar surface area (TPSA) is 114 Å². The van der Waals surface area contributed by atoms with Crippen LogP contribution in [0.4, 0.5) is 0 Å². The van der Waals surface area contributed by atoms with Gasteiger partial charge in [0, 0.05) is 25.8 Å². The standard InChI is InChI=1S/C41H75NO9/c1-2-3-4-5-6-7-8-9-10-11-12-13-14-15-16-17-18-19-20-21-22-23-24-41(44)42-25-27-45-29-31-47-33-35-49-37-39-51-40-38-50-36-34-48-32-30-46-28-26-43/h43H,2-12,17-40H2,1H3,(H,42,44). The molecule has 2 N–H and O–H groups in total. The lowest BCUT2D eigenvalue weighted by Crippen LogP contribution is -2.27. The highest BCUT2D eigenvalue weighted by Crippen LogP contribution is 2.11. The molecule has 0 aliphatic carbocycles. The molecule has 0 unspecified atom stereocenters. The highest BCUT2D eigenvalue weighted by molar-refractivity contribution is 5.75. The van der Waals surface area contributed by atoms with Crippen LogP contribution in [-0.2, 0) is 38.0 Å². The van der Waals surface area contributed by atoms with Crippen molar-refractivity contribution < 1.29 is 43.1 Å². The Morgan fingerprint density at radius 1 is 0.451 bits per heavy atom. The van der Waals surface area contributed by atoms with Gasteiger partial charge in [-0.15, -0.1) is 0 Å². The van der Waals surface area contributed by atoms with Crippen LogP contribution in [0.5, 0.6) is 0 Å². The van der Waals surface area contributed by atoms with Crippen molar-refractivity contribution in [3.63, 3.8) is 0 Å². The number of nitrogens with one attached hydrogen (secondary N) is 1. The molecule has 0 saturated carbocycles. The third-order valence-corrected chi connectivity index (χ3v) is 7.89. The van der Waals surface area contributed by atoms with E-state index in [9.17, 15) is 4.79 Å². The largest absolute Gasteiger partial charge is 0.394 e. The molecule has 0 saturated heterocycles. The molecule has 0 fully saturated rings. The highest BCUT2D eigenvalue weighted by Gasteiger charge is 2.01. The maximum absolute atomic E-state index is 12.0. The summed E-state index contributed by atoms with van der Waals surface area (Å²) in [6.07, 6.45) is 22.8. The predicted molar refractivity (Wildman–Crippen MR) is 205 cm³/mol. The summed E-state index contributed by atoms with van der Waals surface area (Å²) in [6, 6.07) is 0. The third-order valence-electron chi connectivity index (χ3n) is 7.89. The molecule has 298 valence electrons. The number of aliphatic hydroxyl groups is 1. The van der Waals surface area contributed by atoms with Gasteiger partial charge in [0.15, 0.2) is 0 Å². The molecular formula is C41H75NO9. The SMILES string of the molecule is CCCCCCCCCCCCC#CC#CCCCCCCCCC(=O)NCCOCCOCCOCCOCCOCCOCCOCCO. The van der Waals surface area contributed by atoms with E-state index in [1.54, 1.807) is 0 Å². The third kappa shape index (κ3) is 46.2. The van der Waals surface area contributed by atoms with Crippen LogP contribution in [0.25, 0.3) is 0 Å². The van der Waals surface area contributed by atoms with Gasteiger partial charge >= 0.3 is 0 Å². The fourth-order valence-corrected chi connectivity index (χ4v) is 4.96. The van der Waals surface area contributed by atoms with Crippen molar-refractivity contribution in [1.29, 1.82) is 0 Å². The first-order valence-electron chi connectivity index (χ1n) is 20.2. The molecule has 0 spiro atoms. The molecule has 0 aromatic rings. The van der Waals surface area contributed by atoms with Crippen molar-refractivity contribution in [2.45, 2.75) is 129 Å². The Balaban J connectivity index is 3.24. The summed E-state index contributed by atoms with van der Waals surface area (Å²) in [4.78, 5) is 12.0. The summed E-state index contributed by atoms with van der Waals surface area (Å²) in [5, 5.41) is 11.5. The highest BCUT2D eigenvalue weighted by atomic mass is 16.6. The summed E-state index contributed by atoms with van der Waals surface area (Å²) in [5.74, 6) is 12.5. The average Bonchev–Trinajstić information content (AvgIpc) is 3.14. The van der Waals surface area contributed by atoms with Crippen LogP contribution in [0.1, 0.15) is 129 Å². The Kier molecular flexibility index (Phi) is 44.7. The summed E-state index contributed by atoms with van der Waals surface area (Å²) in [7, 11) is 0. The molecule has 0 atom stereocenters. The summed E-state index contributed by atoms with van der Waals surface area (Å²) in [6.45, 7) is 9.59. The van der Waals surface area contributed by atoms with Crippen LogP contribution in [0.2, 0.25) is 0 Å². The number of amides is 1. The van der Waals surface area contributed by atoms with Crippen molar-refractivity contribution in [3.8, 4) is 23.7 Å². The first kappa shape index (κ1) is 49.3. The van der Waals surface area contributed by atoms with E-state index in [1.165, 1.54) is 83.5 Å². The number of carbonyl (C=O) groups excluding carboxylic acids is 1. The van der Waals surface area contributed by atoms with E-state index in [-0.39, 0.29) is 12.5 Å². The minimum absolute atomic E-state index is 0.0255. The van der Waals surface area contributed by atoms with Crippen molar-refractivity contribution in [2.75, 3.05) is 106 Å².